The Kier molecular flexibility index (Phi) is 6.32. The molecule has 0 aliphatic rings. The molecule has 4 nitrogen and oxygen atoms in total. The van der Waals surface area contributed by atoms with E-state index in [0.717, 1.165) is 15.7 Å². The van der Waals surface area contributed by atoms with Crippen molar-refractivity contribution in [1.29, 1.82) is 0 Å². The van der Waals surface area contributed by atoms with Gasteiger partial charge in [-0.1, -0.05) is 15.9 Å². The largest absolute Gasteiger partial charge is 0.396 e. The van der Waals surface area contributed by atoms with Gasteiger partial charge in [-0.15, -0.1) is 0 Å². The van der Waals surface area contributed by atoms with Crippen molar-refractivity contribution in [1.82, 2.24) is 4.90 Å². The van der Waals surface area contributed by atoms with E-state index in [2.05, 4.69) is 21.2 Å². The van der Waals surface area contributed by atoms with Crippen molar-refractivity contribution in [3.05, 3.63) is 28.2 Å². The van der Waals surface area contributed by atoms with Crippen LogP contribution < -0.4 is 5.32 Å². The van der Waals surface area contributed by atoms with Crippen LogP contribution in [-0.4, -0.2) is 42.7 Å². The van der Waals surface area contributed by atoms with Gasteiger partial charge >= 0.3 is 0 Å². The molecule has 18 heavy (non-hydrogen) atoms. The standard InChI is InChI=1S/C13H19BrN2O2/c1-10-8-11(14)4-5-12(10)15-13(18)9-16(2)6-3-7-17/h4-5,8,17H,3,6-7,9H2,1-2H3,(H,15,18). The van der Waals surface area contributed by atoms with Gasteiger partial charge in [-0.2, -0.15) is 0 Å². The minimum Gasteiger partial charge on any atom is -0.396 e. The van der Waals surface area contributed by atoms with Crippen molar-refractivity contribution >= 4 is 27.5 Å². The molecule has 0 bridgehead atoms. The minimum atomic E-state index is -0.0409. The Morgan fingerprint density at radius 1 is 1.50 bits per heavy atom. The van der Waals surface area contributed by atoms with Gasteiger partial charge in [-0.05, 0) is 44.2 Å². The topological polar surface area (TPSA) is 52.6 Å². The SMILES string of the molecule is Cc1cc(Br)ccc1NC(=O)CN(C)CCCO. The van der Waals surface area contributed by atoms with Gasteiger partial charge in [-0.3, -0.25) is 9.69 Å². The van der Waals surface area contributed by atoms with E-state index in [4.69, 9.17) is 5.11 Å². The number of hydrogen-bond acceptors (Lipinski definition) is 3. The molecule has 0 fully saturated rings. The van der Waals surface area contributed by atoms with Crippen LogP contribution in [0.25, 0.3) is 0 Å². The first-order valence-electron chi connectivity index (χ1n) is 5.88. The van der Waals surface area contributed by atoms with E-state index in [-0.39, 0.29) is 12.5 Å². The number of nitrogens with one attached hydrogen (secondary N) is 1. The van der Waals surface area contributed by atoms with Crippen molar-refractivity contribution < 1.29 is 9.90 Å². The van der Waals surface area contributed by atoms with Gasteiger partial charge in [0.05, 0.1) is 6.54 Å². The van der Waals surface area contributed by atoms with Crippen LogP contribution in [0.3, 0.4) is 0 Å². The highest BCUT2D eigenvalue weighted by Crippen LogP contribution is 2.19. The fourth-order valence-electron chi connectivity index (χ4n) is 1.62. The van der Waals surface area contributed by atoms with E-state index in [1.807, 2.05) is 37.1 Å². The minimum absolute atomic E-state index is 0.0409. The van der Waals surface area contributed by atoms with Gasteiger partial charge in [0.2, 0.25) is 5.91 Å². The number of nitrogens with zero attached hydrogens (tertiary/aromatic N) is 1. The van der Waals surface area contributed by atoms with E-state index in [0.29, 0.717) is 19.5 Å². The summed E-state index contributed by atoms with van der Waals surface area (Å²) in [4.78, 5) is 13.7. The van der Waals surface area contributed by atoms with E-state index in [9.17, 15) is 4.79 Å². The van der Waals surface area contributed by atoms with Crippen molar-refractivity contribution in [3.63, 3.8) is 0 Å². The van der Waals surface area contributed by atoms with Crippen LogP contribution in [0.5, 0.6) is 0 Å². The summed E-state index contributed by atoms with van der Waals surface area (Å²) >= 11 is 3.39. The Morgan fingerprint density at radius 3 is 2.83 bits per heavy atom. The number of benzene rings is 1. The number of aliphatic hydroxyl groups is 1. The lowest BCUT2D eigenvalue weighted by Crippen LogP contribution is -2.31. The molecule has 0 saturated carbocycles. The van der Waals surface area contributed by atoms with Crippen LogP contribution in [0, 0.1) is 6.92 Å². The lowest BCUT2D eigenvalue weighted by Gasteiger charge is -2.16. The molecule has 1 aromatic carbocycles. The second-order valence-electron chi connectivity index (χ2n) is 4.32. The van der Waals surface area contributed by atoms with Crippen LogP contribution >= 0.6 is 15.9 Å². The molecule has 0 heterocycles. The number of anilines is 1. The summed E-state index contributed by atoms with van der Waals surface area (Å²) in [5.74, 6) is -0.0409. The molecule has 5 heteroatoms. The Labute approximate surface area is 116 Å². The second-order valence-corrected chi connectivity index (χ2v) is 5.24. The average Bonchev–Trinajstić information content (AvgIpc) is 2.30. The fourth-order valence-corrected chi connectivity index (χ4v) is 2.10. The maximum absolute atomic E-state index is 11.8. The number of halogens is 1. The Bertz CT molecular complexity index is 410. The zero-order valence-corrected chi connectivity index (χ0v) is 12.3. The molecular weight excluding hydrogens is 296 g/mol. The zero-order chi connectivity index (χ0) is 13.5. The molecule has 0 atom stereocenters. The average molecular weight is 315 g/mol. The number of amides is 1. The normalized spacial score (nSPS) is 10.7. The molecule has 0 aliphatic heterocycles. The lowest BCUT2D eigenvalue weighted by atomic mass is 10.2. The Morgan fingerprint density at radius 2 is 2.22 bits per heavy atom. The predicted molar refractivity (Wildman–Crippen MR) is 76.7 cm³/mol. The van der Waals surface area contributed by atoms with Gasteiger partial charge in [0, 0.05) is 23.3 Å². The monoisotopic (exact) mass is 314 g/mol. The van der Waals surface area contributed by atoms with Crippen LogP contribution in [0.2, 0.25) is 0 Å². The molecule has 0 aliphatic carbocycles. The number of aliphatic hydroxyl groups excluding tert-OH is 1. The number of rotatable bonds is 6. The number of carbonyl (C=O) groups is 1. The maximum atomic E-state index is 11.8. The van der Waals surface area contributed by atoms with Crippen molar-refractivity contribution in [2.75, 3.05) is 32.1 Å². The number of carbonyl (C=O) groups excluding carboxylic acids is 1. The van der Waals surface area contributed by atoms with Gasteiger partial charge in [0.15, 0.2) is 0 Å². The van der Waals surface area contributed by atoms with Crippen LogP contribution in [0.15, 0.2) is 22.7 Å². The maximum Gasteiger partial charge on any atom is 0.238 e. The molecule has 0 aromatic heterocycles. The van der Waals surface area contributed by atoms with E-state index >= 15 is 0 Å². The summed E-state index contributed by atoms with van der Waals surface area (Å²) in [5.41, 5.74) is 1.86. The van der Waals surface area contributed by atoms with Crippen LogP contribution in [0.4, 0.5) is 5.69 Å². The number of hydrogen-bond donors (Lipinski definition) is 2. The third-order valence-electron chi connectivity index (χ3n) is 2.57. The highest BCUT2D eigenvalue weighted by atomic mass is 79.9. The van der Waals surface area contributed by atoms with Gasteiger partial charge in [0.25, 0.3) is 0 Å². The smallest absolute Gasteiger partial charge is 0.238 e. The fraction of sp³-hybridized carbons (Fsp3) is 0.462. The molecule has 1 aromatic rings. The Hall–Kier alpha value is -0.910. The zero-order valence-electron chi connectivity index (χ0n) is 10.7. The summed E-state index contributed by atoms with van der Waals surface area (Å²) in [6.45, 7) is 3.15. The quantitative estimate of drug-likeness (QED) is 0.844. The third kappa shape index (κ3) is 5.16. The highest BCUT2D eigenvalue weighted by Gasteiger charge is 2.08. The molecule has 1 rings (SSSR count). The molecular formula is C13H19BrN2O2. The van der Waals surface area contributed by atoms with E-state index in [1.54, 1.807) is 0 Å². The Balaban J connectivity index is 2.49. The van der Waals surface area contributed by atoms with Crippen molar-refractivity contribution in [3.8, 4) is 0 Å². The molecule has 0 unspecified atom stereocenters. The molecule has 2 N–H and O–H groups in total. The van der Waals surface area contributed by atoms with Crippen LogP contribution in [0.1, 0.15) is 12.0 Å². The number of aryl methyl sites for hydroxylation is 1. The third-order valence-corrected chi connectivity index (χ3v) is 3.07. The number of likely N-dealkylation sites (N-methyl/N-ethyl adjacent to an activating group) is 1. The van der Waals surface area contributed by atoms with E-state index in [1.165, 1.54) is 0 Å². The highest BCUT2D eigenvalue weighted by molar-refractivity contribution is 9.10. The molecule has 1 amide bonds. The molecule has 0 saturated heterocycles. The van der Waals surface area contributed by atoms with Gasteiger partial charge in [-0.25, -0.2) is 0 Å². The lowest BCUT2D eigenvalue weighted by molar-refractivity contribution is -0.117. The van der Waals surface area contributed by atoms with Crippen molar-refractivity contribution in [2.45, 2.75) is 13.3 Å². The summed E-state index contributed by atoms with van der Waals surface area (Å²) in [5, 5.41) is 11.6. The molecule has 100 valence electrons. The van der Waals surface area contributed by atoms with Gasteiger partial charge < -0.3 is 10.4 Å². The predicted octanol–water partition coefficient (Wildman–Crippen LogP) is 2.01. The summed E-state index contributed by atoms with van der Waals surface area (Å²) in [6, 6.07) is 5.74. The second kappa shape index (κ2) is 7.51. The molecule has 0 spiro atoms. The summed E-state index contributed by atoms with van der Waals surface area (Å²) in [7, 11) is 1.86. The first-order chi connectivity index (χ1) is 8.52. The molecule has 0 radical (unpaired) electrons. The first-order valence-corrected chi connectivity index (χ1v) is 6.67. The van der Waals surface area contributed by atoms with Crippen LogP contribution in [-0.2, 0) is 4.79 Å². The summed E-state index contributed by atoms with van der Waals surface area (Å²) < 4.78 is 0.998. The van der Waals surface area contributed by atoms with Crippen molar-refractivity contribution in [2.24, 2.45) is 0 Å². The first kappa shape index (κ1) is 15.1. The summed E-state index contributed by atoms with van der Waals surface area (Å²) in [6.07, 6.45) is 0.682. The van der Waals surface area contributed by atoms with Gasteiger partial charge in [0.1, 0.15) is 0 Å². The van der Waals surface area contributed by atoms with E-state index < -0.39 is 0 Å².